The number of halogens is 2. The number of carbonyl (C=O) groups excluding carboxylic acids is 1. The first-order chi connectivity index (χ1) is 12.5. The molecule has 0 aliphatic carbocycles. The Morgan fingerprint density at radius 2 is 1.81 bits per heavy atom. The molecule has 1 aliphatic heterocycles. The van der Waals surface area contributed by atoms with Gasteiger partial charge in [0.25, 0.3) is 0 Å². The number of anilines is 1. The topological polar surface area (TPSA) is 52.6 Å². The summed E-state index contributed by atoms with van der Waals surface area (Å²) < 4.78 is 0. The summed E-state index contributed by atoms with van der Waals surface area (Å²) in [5, 5.41) is 1.02. The summed E-state index contributed by atoms with van der Waals surface area (Å²) in [6.45, 7) is 4.16. The van der Waals surface area contributed by atoms with Crippen molar-refractivity contribution in [2.45, 2.75) is 6.54 Å². The van der Waals surface area contributed by atoms with E-state index in [2.05, 4.69) is 19.8 Å². The van der Waals surface area contributed by atoms with Gasteiger partial charge in [-0.3, -0.25) is 9.69 Å². The molecule has 26 heavy (non-hydrogen) atoms. The standard InChI is InChI=1S/C18H21Cl2N5O/c1-23(12-14-3-4-15(19)16(20)11-14)17(26)13-24-7-9-25(10-8-24)18-21-5-2-6-22-18/h2-6,11H,7-10,12-13H2,1H3. The number of carbonyl (C=O) groups is 1. The summed E-state index contributed by atoms with van der Waals surface area (Å²) in [7, 11) is 1.80. The Hall–Kier alpha value is -1.89. The van der Waals surface area contributed by atoms with E-state index in [4.69, 9.17) is 23.2 Å². The van der Waals surface area contributed by atoms with Gasteiger partial charge in [-0.05, 0) is 23.8 Å². The third kappa shape index (κ3) is 4.84. The highest BCUT2D eigenvalue weighted by Crippen LogP contribution is 2.23. The highest BCUT2D eigenvalue weighted by atomic mass is 35.5. The minimum absolute atomic E-state index is 0.0838. The number of aromatic nitrogens is 2. The van der Waals surface area contributed by atoms with Crippen molar-refractivity contribution in [2.24, 2.45) is 0 Å². The van der Waals surface area contributed by atoms with Crippen molar-refractivity contribution in [1.82, 2.24) is 19.8 Å². The van der Waals surface area contributed by atoms with E-state index in [1.807, 2.05) is 12.1 Å². The second-order valence-corrected chi connectivity index (χ2v) is 7.12. The summed E-state index contributed by atoms with van der Waals surface area (Å²) in [5.74, 6) is 0.829. The maximum Gasteiger partial charge on any atom is 0.236 e. The molecule has 0 unspecified atom stereocenters. The van der Waals surface area contributed by atoms with Crippen LogP contribution in [0.2, 0.25) is 10.0 Å². The molecule has 3 rings (SSSR count). The molecule has 8 heteroatoms. The van der Waals surface area contributed by atoms with Gasteiger partial charge in [0.2, 0.25) is 11.9 Å². The fourth-order valence-corrected chi connectivity index (χ4v) is 3.19. The monoisotopic (exact) mass is 393 g/mol. The lowest BCUT2D eigenvalue weighted by Gasteiger charge is -2.34. The Balaban J connectivity index is 1.48. The predicted molar refractivity (Wildman–Crippen MR) is 104 cm³/mol. The highest BCUT2D eigenvalue weighted by molar-refractivity contribution is 6.42. The number of nitrogens with zero attached hydrogens (tertiary/aromatic N) is 5. The second kappa shape index (κ2) is 8.66. The van der Waals surface area contributed by atoms with Gasteiger partial charge in [0, 0.05) is 52.2 Å². The first-order valence-corrected chi connectivity index (χ1v) is 9.21. The molecular formula is C18H21Cl2N5O. The molecule has 1 aliphatic rings. The number of piperazine rings is 1. The third-order valence-electron chi connectivity index (χ3n) is 4.40. The van der Waals surface area contributed by atoms with Gasteiger partial charge in [-0.1, -0.05) is 29.3 Å². The van der Waals surface area contributed by atoms with Crippen molar-refractivity contribution in [2.75, 3.05) is 44.7 Å². The molecule has 0 radical (unpaired) electrons. The average molecular weight is 394 g/mol. The lowest BCUT2D eigenvalue weighted by atomic mass is 10.2. The number of hydrogen-bond donors (Lipinski definition) is 0. The van der Waals surface area contributed by atoms with Crippen LogP contribution < -0.4 is 4.90 Å². The van der Waals surface area contributed by atoms with Crippen LogP contribution in [0.25, 0.3) is 0 Å². The van der Waals surface area contributed by atoms with Crippen LogP contribution in [0.5, 0.6) is 0 Å². The van der Waals surface area contributed by atoms with Gasteiger partial charge in [0.1, 0.15) is 0 Å². The van der Waals surface area contributed by atoms with E-state index in [0.29, 0.717) is 23.1 Å². The normalized spacial score (nSPS) is 15.1. The van der Waals surface area contributed by atoms with Crippen LogP contribution in [-0.2, 0) is 11.3 Å². The van der Waals surface area contributed by atoms with Crippen molar-refractivity contribution in [3.05, 3.63) is 52.3 Å². The fraction of sp³-hybridized carbons (Fsp3) is 0.389. The summed E-state index contributed by atoms with van der Waals surface area (Å²) in [4.78, 5) is 27.1. The molecule has 1 saturated heterocycles. The lowest BCUT2D eigenvalue weighted by Crippen LogP contribution is -2.50. The highest BCUT2D eigenvalue weighted by Gasteiger charge is 2.21. The number of rotatable bonds is 5. The van der Waals surface area contributed by atoms with Gasteiger partial charge >= 0.3 is 0 Å². The van der Waals surface area contributed by atoms with Gasteiger partial charge in [0.15, 0.2) is 0 Å². The fourth-order valence-electron chi connectivity index (χ4n) is 2.87. The van der Waals surface area contributed by atoms with Gasteiger partial charge in [-0.25, -0.2) is 9.97 Å². The van der Waals surface area contributed by atoms with Gasteiger partial charge in [-0.15, -0.1) is 0 Å². The molecule has 1 amide bonds. The lowest BCUT2D eigenvalue weighted by molar-refractivity contribution is -0.131. The quantitative estimate of drug-likeness (QED) is 0.780. The Morgan fingerprint density at radius 3 is 2.46 bits per heavy atom. The number of likely N-dealkylation sites (N-methyl/N-ethyl adjacent to an activating group) is 1. The number of hydrogen-bond acceptors (Lipinski definition) is 5. The zero-order chi connectivity index (χ0) is 18.5. The van der Waals surface area contributed by atoms with Crippen LogP contribution in [0, 0.1) is 0 Å². The molecule has 1 aromatic heterocycles. The van der Waals surface area contributed by atoms with Crippen molar-refractivity contribution < 1.29 is 4.79 Å². The van der Waals surface area contributed by atoms with Crippen molar-refractivity contribution in [3.63, 3.8) is 0 Å². The van der Waals surface area contributed by atoms with E-state index < -0.39 is 0 Å². The van der Waals surface area contributed by atoms with Crippen molar-refractivity contribution >= 4 is 35.1 Å². The molecule has 0 bridgehead atoms. The Labute approximate surface area is 163 Å². The zero-order valence-electron chi connectivity index (χ0n) is 14.6. The zero-order valence-corrected chi connectivity index (χ0v) is 16.1. The number of benzene rings is 1. The number of amides is 1. The molecule has 2 heterocycles. The van der Waals surface area contributed by atoms with Crippen LogP contribution in [0.3, 0.4) is 0 Å². The average Bonchev–Trinajstić information content (AvgIpc) is 2.66. The van der Waals surface area contributed by atoms with E-state index in [-0.39, 0.29) is 5.91 Å². The summed E-state index contributed by atoms with van der Waals surface area (Å²) in [6.07, 6.45) is 3.49. The third-order valence-corrected chi connectivity index (χ3v) is 5.13. The van der Waals surface area contributed by atoms with Crippen molar-refractivity contribution in [1.29, 1.82) is 0 Å². The molecule has 138 valence electrons. The summed E-state index contributed by atoms with van der Waals surface area (Å²) in [5.41, 5.74) is 0.960. The summed E-state index contributed by atoms with van der Waals surface area (Å²) >= 11 is 12.0. The predicted octanol–water partition coefficient (Wildman–Crippen LogP) is 2.56. The maximum atomic E-state index is 12.5. The summed E-state index contributed by atoms with van der Waals surface area (Å²) in [6, 6.07) is 7.24. The Kier molecular flexibility index (Phi) is 6.29. The molecule has 6 nitrogen and oxygen atoms in total. The largest absolute Gasteiger partial charge is 0.340 e. The molecule has 1 aromatic carbocycles. The van der Waals surface area contributed by atoms with E-state index in [1.165, 1.54) is 0 Å². The van der Waals surface area contributed by atoms with Crippen LogP contribution in [0.4, 0.5) is 5.95 Å². The molecule has 0 N–H and O–H groups in total. The van der Waals surface area contributed by atoms with E-state index in [9.17, 15) is 4.79 Å². The molecular weight excluding hydrogens is 373 g/mol. The first-order valence-electron chi connectivity index (χ1n) is 8.45. The minimum atomic E-state index is 0.0838. The Morgan fingerprint density at radius 1 is 1.12 bits per heavy atom. The van der Waals surface area contributed by atoms with E-state index in [1.54, 1.807) is 36.5 Å². The van der Waals surface area contributed by atoms with Gasteiger partial charge < -0.3 is 9.80 Å². The SMILES string of the molecule is CN(Cc1ccc(Cl)c(Cl)c1)C(=O)CN1CCN(c2ncccn2)CC1. The first kappa shape index (κ1) is 18.9. The van der Waals surface area contributed by atoms with Crippen LogP contribution in [0.15, 0.2) is 36.7 Å². The van der Waals surface area contributed by atoms with Crippen molar-refractivity contribution in [3.8, 4) is 0 Å². The smallest absolute Gasteiger partial charge is 0.236 e. The molecule has 2 aromatic rings. The molecule has 1 fully saturated rings. The van der Waals surface area contributed by atoms with Gasteiger partial charge in [0.05, 0.1) is 16.6 Å². The molecule has 0 saturated carbocycles. The van der Waals surface area contributed by atoms with E-state index >= 15 is 0 Å². The van der Waals surface area contributed by atoms with Crippen LogP contribution >= 0.6 is 23.2 Å². The van der Waals surface area contributed by atoms with E-state index in [0.717, 1.165) is 37.7 Å². The second-order valence-electron chi connectivity index (χ2n) is 6.31. The molecule has 0 atom stereocenters. The van der Waals surface area contributed by atoms with Crippen LogP contribution in [-0.4, -0.2) is 65.4 Å². The van der Waals surface area contributed by atoms with Gasteiger partial charge in [-0.2, -0.15) is 0 Å². The maximum absolute atomic E-state index is 12.5. The Bertz CT molecular complexity index is 751. The molecule has 0 spiro atoms. The minimum Gasteiger partial charge on any atom is -0.340 e. The van der Waals surface area contributed by atoms with Crippen LogP contribution in [0.1, 0.15) is 5.56 Å².